The summed E-state index contributed by atoms with van der Waals surface area (Å²) in [5.74, 6) is 0.0323. The fraction of sp³-hybridized carbons (Fsp3) is 0.833. The highest BCUT2D eigenvalue weighted by atomic mass is 28.4. The number of rotatable bonds is 6. The lowest BCUT2D eigenvalue weighted by Gasteiger charge is -2.40. The summed E-state index contributed by atoms with van der Waals surface area (Å²) in [5, 5.41) is 0.106. The second kappa shape index (κ2) is 9.22. The van der Waals surface area contributed by atoms with E-state index in [1.54, 1.807) is 14.0 Å². The van der Waals surface area contributed by atoms with Crippen LogP contribution in [0.3, 0.4) is 0 Å². The predicted octanol–water partition coefficient (Wildman–Crippen LogP) is 4.87. The van der Waals surface area contributed by atoms with Gasteiger partial charge in [-0.25, -0.2) is 4.79 Å². The second-order valence-corrected chi connectivity index (χ2v) is 22.3. The summed E-state index contributed by atoms with van der Waals surface area (Å²) in [6.45, 7) is 26.6. The van der Waals surface area contributed by atoms with Gasteiger partial charge in [-0.2, -0.15) is 0 Å². The molecule has 0 spiro atoms. The van der Waals surface area contributed by atoms with Gasteiger partial charge in [0.15, 0.2) is 16.6 Å². The lowest BCUT2D eigenvalue weighted by molar-refractivity contribution is -0.00969. The van der Waals surface area contributed by atoms with Crippen LogP contribution in [0, 0.1) is 12.8 Å². The van der Waals surface area contributed by atoms with Gasteiger partial charge in [0.05, 0.1) is 24.4 Å². The third-order valence-corrected chi connectivity index (χ3v) is 17.3. The van der Waals surface area contributed by atoms with E-state index in [1.165, 1.54) is 4.57 Å². The first-order valence-corrected chi connectivity index (χ1v) is 17.8. The number of hydrogen-bond donors (Lipinski definition) is 1. The summed E-state index contributed by atoms with van der Waals surface area (Å²) >= 11 is 0. The first-order valence-electron chi connectivity index (χ1n) is 12.0. The third-order valence-electron chi connectivity index (χ3n) is 8.32. The van der Waals surface area contributed by atoms with Crippen LogP contribution in [0.2, 0.25) is 36.3 Å². The van der Waals surface area contributed by atoms with Crippen LogP contribution in [-0.4, -0.2) is 45.0 Å². The van der Waals surface area contributed by atoms with Gasteiger partial charge in [0, 0.05) is 18.7 Å². The summed E-state index contributed by atoms with van der Waals surface area (Å²) in [6.07, 6.45) is -1.05. The molecule has 33 heavy (non-hydrogen) atoms. The molecule has 1 aliphatic rings. The van der Waals surface area contributed by atoms with E-state index in [9.17, 15) is 9.59 Å². The number of nitrogens with one attached hydrogen (secondary N) is 1. The van der Waals surface area contributed by atoms with E-state index in [2.05, 4.69) is 79.6 Å². The average Bonchev–Trinajstić information content (AvgIpc) is 2.92. The highest BCUT2D eigenvalue weighted by Crippen LogP contribution is 2.46. The van der Waals surface area contributed by atoms with E-state index in [4.69, 9.17) is 13.6 Å². The van der Waals surface area contributed by atoms with Crippen molar-refractivity contribution in [1.29, 1.82) is 0 Å². The number of aromatic nitrogens is 2. The zero-order valence-corrected chi connectivity index (χ0v) is 25.0. The van der Waals surface area contributed by atoms with E-state index in [0.29, 0.717) is 17.9 Å². The lowest BCUT2D eigenvalue weighted by atomic mass is 9.95. The molecule has 190 valence electrons. The van der Waals surface area contributed by atoms with Gasteiger partial charge in [-0.3, -0.25) is 9.78 Å². The molecule has 0 bridgehead atoms. The maximum atomic E-state index is 13.0. The van der Waals surface area contributed by atoms with Crippen molar-refractivity contribution in [2.75, 3.05) is 6.61 Å². The summed E-state index contributed by atoms with van der Waals surface area (Å²) < 4.78 is 21.4. The Morgan fingerprint density at radius 1 is 1.00 bits per heavy atom. The maximum absolute atomic E-state index is 13.0. The summed E-state index contributed by atoms with van der Waals surface area (Å²) in [6, 6.07) is 0. The SMILES string of the molecule is Cc1c([C@@H]2O[C@H](CO[Si](C)(C)C(C)(C)C)[C@H](C)C2O[Si](C)(C)C(C)(C)C)c(=O)[nH]c(=O)n1C. The fourth-order valence-electron chi connectivity index (χ4n) is 3.57. The van der Waals surface area contributed by atoms with Crippen LogP contribution < -0.4 is 11.2 Å². The largest absolute Gasteiger partial charge is 0.414 e. The van der Waals surface area contributed by atoms with Gasteiger partial charge in [0.2, 0.25) is 0 Å². The van der Waals surface area contributed by atoms with Crippen molar-refractivity contribution in [2.24, 2.45) is 13.0 Å². The minimum atomic E-state index is -2.16. The fourth-order valence-corrected chi connectivity index (χ4v) is 5.96. The Labute approximate surface area is 201 Å². The molecule has 7 nitrogen and oxygen atoms in total. The van der Waals surface area contributed by atoms with Crippen molar-refractivity contribution in [1.82, 2.24) is 9.55 Å². The molecule has 1 unspecified atom stereocenters. The van der Waals surface area contributed by atoms with Crippen LogP contribution in [0.1, 0.15) is 65.8 Å². The van der Waals surface area contributed by atoms with Crippen molar-refractivity contribution in [3.05, 3.63) is 32.1 Å². The van der Waals surface area contributed by atoms with E-state index < -0.39 is 34.0 Å². The topological polar surface area (TPSA) is 82.6 Å². The molecule has 1 aromatic rings. The predicted molar refractivity (Wildman–Crippen MR) is 139 cm³/mol. The number of nitrogens with zero attached hydrogens (tertiary/aromatic N) is 1. The highest BCUT2D eigenvalue weighted by molar-refractivity contribution is 6.74. The molecule has 0 amide bonds. The molecule has 1 saturated heterocycles. The monoisotopic (exact) mass is 498 g/mol. The smallest absolute Gasteiger partial charge is 0.328 e. The molecule has 1 fully saturated rings. The van der Waals surface area contributed by atoms with Crippen LogP contribution in [0.15, 0.2) is 9.59 Å². The summed E-state index contributed by atoms with van der Waals surface area (Å²) in [5.41, 5.74) is 0.257. The van der Waals surface area contributed by atoms with E-state index in [0.717, 1.165) is 0 Å². The molecule has 4 atom stereocenters. The minimum Gasteiger partial charge on any atom is -0.414 e. The molecule has 1 aliphatic heterocycles. The molecule has 1 aromatic heterocycles. The summed E-state index contributed by atoms with van der Waals surface area (Å²) in [4.78, 5) is 27.5. The third kappa shape index (κ3) is 5.64. The zero-order valence-electron chi connectivity index (χ0n) is 23.0. The normalized spacial score (nSPS) is 25.0. The Balaban J connectivity index is 2.49. The van der Waals surface area contributed by atoms with Crippen LogP contribution in [0.5, 0.6) is 0 Å². The minimum absolute atomic E-state index is 0.0119. The first-order chi connectivity index (χ1) is 14.7. The molecule has 1 N–H and O–H groups in total. The Morgan fingerprint density at radius 2 is 1.52 bits per heavy atom. The molecule has 2 heterocycles. The van der Waals surface area contributed by atoms with Gasteiger partial charge >= 0.3 is 5.69 Å². The van der Waals surface area contributed by atoms with Crippen molar-refractivity contribution >= 4 is 16.6 Å². The average molecular weight is 499 g/mol. The molecule has 0 saturated carbocycles. The van der Waals surface area contributed by atoms with E-state index in [-0.39, 0.29) is 28.2 Å². The van der Waals surface area contributed by atoms with Gasteiger partial charge in [-0.05, 0) is 43.2 Å². The van der Waals surface area contributed by atoms with Crippen LogP contribution >= 0.6 is 0 Å². The number of hydrogen-bond acceptors (Lipinski definition) is 5. The van der Waals surface area contributed by atoms with Crippen molar-refractivity contribution in [3.8, 4) is 0 Å². The van der Waals surface area contributed by atoms with Crippen LogP contribution in [0.25, 0.3) is 0 Å². The molecule has 2 rings (SSSR count). The zero-order chi connectivity index (χ0) is 25.7. The first kappa shape index (κ1) is 28.2. The van der Waals surface area contributed by atoms with Crippen molar-refractivity contribution in [3.63, 3.8) is 0 Å². The van der Waals surface area contributed by atoms with Gasteiger partial charge in [0.25, 0.3) is 5.56 Å². The number of ether oxygens (including phenoxy) is 1. The maximum Gasteiger partial charge on any atom is 0.328 e. The quantitative estimate of drug-likeness (QED) is 0.566. The Bertz CT molecular complexity index is 969. The molecule has 0 radical (unpaired) electrons. The number of aromatic amines is 1. The second-order valence-electron chi connectivity index (χ2n) is 12.7. The molecular weight excluding hydrogens is 452 g/mol. The Kier molecular flexibility index (Phi) is 7.89. The van der Waals surface area contributed by atoms with Crippen LogP contribution in [0.4, 0.5) is 0 Å². The van der Waals surface area contributed by atoms with Gasteiger partial charge in [-0.1, -0.05) is 48.5 Å². The molecule has 0 aliphatic carbocycles. The van der Waals surface area contributed by atoms with Gasteiger partial charge in [0.1, 0.15) is 6.10 Å². The summed E-state index contributed by atoms with van der Waals surface area (Å²) in [7, 11) is -2.46. The van der Waals surface area contributed by atoms with Crippen molar-refractivity contribution in [2.45, 2.75) is 110 Å². The number of H-pyrrole nitrogens is 1. The molecular formula is C24H46N2O5Si2. The van der Waals surface area contributed by atoms with E-state index in [1.807, 2.05) is 0 Å². The van der Waals surface area contributed by atoms with Crippen molar-refractivity contribution < 1.29 is 13.6 Å². The van der Waals surface area contributed by atoms with Gasteiger partial charge in [-0.15, -0.1) is 0 Å². The van der Waals surface area contributed by atoms with Gasteiger partial charge < -0.3 is 18.2 Å². The highest BCUT2D eigenvalue weighted by Gasteiger charge is 2.50. The standard InChI is InChI=1S/C24H46N2O5Si2/c1-15-17(14-29-32(10,11)23(3,4)5)30-20(19(15)31-33(12,13)24(6,7)8)18-16(2)26(9)22(28)25-21(18)27/h15,17,19-20H,14H2,1-13H3,(H,25,27,28)/t15-,17+,19?,20-/m0/s1. The van der Waals surface area contributed by atoms with E-state index >= 15 is 0 Å². The lowest BCUT2D eigenvalue weighted by Crippen LogP contribution is -2.47. The molecule has 9 heteroatoms. The Morgan fingerprint density at radius 3 is 2.00 bits per heavy atom. The Hall–Kier alpha value is -1.01. The van der Waals surface area contributed by atoms with Crippen LogP contribution in [-0.2, 0) is 20.6 Å². The molecule has 0 aromatic carbocycles.